The summed E-state index contributed by atoms with van der Waals surface area (Å²) in [6, 6.07) is 2.28. The van der Waals surface area contributed by atoms with Crippen LogP contribution in [0.5, 0.6) is 0 Å². The summed E-state index contributed by atoms with van der Waals surface area (Å²) >= 11 is 5.42. The largest absolute Gasteiger partial charge is 0.312 e. The lowest BCUT2D eigenvalue weighted by Gasteiger charge is -2.21. The van der Waals surface area contributed by atoms with E-state index in [1.807, 2.05) is 11.3 Å². The molecular weight excluding hydrogens is 282 g/mol. The van der Waals surface area contributed by atoms with Gasteiger partial charge in [0.25, 0.3) is 0 Å². The smallest absolute Gasteiger partial charge is 0.0285 e. The van der Waals surface area contributed by atoms with Gasteiger partial charge in [0.15, 0.2) is 0 Å². The van der Waals surface area contributed by atoms with Gasteiger partial charge in [0.2, 0.25) is 0 Å². The Morgan fingerprint density at radius 3 is 2.75 bits per heavy atom. The van der Waals surface area contributed by atoms with Crippen LogP contribution in [0, 0.1) is 5.92 Å². The van der Waals surface area contributed by atoms with Crippen LogP contribution in [0.15, 0.2) is 15.9 Å². The van der Waals surface area contributed by atoms with E-state index in [1.54, 1.807) is 0 Å². The van der Waals surface area contributed by atoms with Gasteiger partial charge >= 0.3 is 0 Å². The van der Waals surface area contributed by atoms with Crippen LogP contribution in [0.2, 0.25) is 0 Å². The third-order valence-electron chi connectivity index (χ3n) is 3.42. The lowest BCUT2D eigenvalue weighted by molar-refractivity contribution is 0.407. The highest BCUT2D eigenvalue weighted by Crippen LogP contribution is 2.55. The van der Waals surface area contributed by atoms with Crippen LogP contribution in [0.1, 0.15) is 39.0 Å². The Hall–Kier alpha value is 0.140. The number of thiophene rings is 1. The zero-order valence-corrected chi connectivity index (χ0v) is 12.8. The minimum absolute atomic E-state index is 0.236. The molecule has 0 amide bonds. The number of hydrogen-bond donors (Lipinski definition) is 1. The van der Waals surface area contributed by atoms with Gasteiger partial charge in [-0.05, 0) is 61.7 Å². The highest BCUT2D eigenvalue weighted by Gasteiger charge is 2.51. The Kier molecular flexibility index (Phi) is 3.23. The molecule has 90 valence electrons. The first-order valence-corrected chi connectivity index (χ1v) is 7.48. The van der Waals surface area contributed by atoms with Crippen molar-refractivity contribution in [3.05, 3.63) is 20.8 Å². The molecule has 16 heavy (non-hydrogen) atoms. The van der Waals surface area contributed by atoms with E-state index in [9.17, 15) is 0 Å². The van der Waals surface area contributed by atoms with Crippen molar-refractivity contribution in [3.8, 4) is 0 Å². The first-order valence-electron chi connectivity index (χ1n) is 5.81. The molecule has 0 spiro atoms. The van der Waals surface area contributed by atoms with E-state index in [4.69, 9.17) is 0 Å². The molecule has 0 aliphatic heterocycles. The molecule has 1 aromatic rings. The average molecular weight is 302 g/mol. The summed E-state index contributed by atoms with van der Waals surface area (Å²) in [7, 11) is 0. The Balaban J connectivity index is 1.94. The van der Waals surface area contributed by atoms with Crippen molar-refractivity contribution in [3.63, 3.8) is 0 Å². The molecule has 3 heteroatoms. The summed E-state index contributed by atoms with van der Waals surface area (Å²) in [5.41, 5.74) is 0.661. The number of rotatable bonds is 3. The van der Waals surface area contributed by atoms with Gasteiger partial charge in [-0.25, -0.2) is 0 Å². The highest BCUT2D eigenvalue weighted by atomic mass is 79.9. The molecular formula is C13H20BrNS. The predicted molar refractivity (Wildman–Crippen MR) is 75.2 cm³/mol. The third kappa shape index (κ3) is 2.69. The predicted octanol–water partition coefficient (Wildman–Crippen LogP) is 4.18. The second-order valence-electron chi connectivity index (χ2n) is 6.08. The SMILES string of the molecule is CC(C)(C)NCC1CC1(C)c1cc(Br)cs1. The van der Waals surface area contributed by atoms with Gasteiger partial charge in [0.05, 0.1) is 0 Å². The van der Waals surface area contributed by atoms with E-state index in [1.165, 1.54) is 15.8 Å². The third-order valence-corrected chi connectivity index (χ3v) is 5.39. The average Bonchev–Trinajstić information content (AvgIpc) is 2.59. The number of nitrogens with one attached hydrogen (secondary N) is 1. The number of hydrogen-bond acceptors (Lipinski definition) is 2. The molecule has 1 saturated carbocycles. The molecule has 1 aliphatic rings. The molecule has 2 rings (SSSR count). The van der Waals surface area contributed by atoms with Crippen molar-refractivity contribution in [1.82, 2.24) is 5.32 Å². The van der Waals surface area contributed by atoms with E-state index < -0.39 is 0 Å². The molecule has 2 unspecified atom stereocenters. The Bertz CT molecular complexity index is 380. The van der Waals surface area contributed by atoms with Crippen molar-refractivity contribution >= 4 is 27.3 Å². The Morgan fingerprint density at radius 1 is 1.56 bits per heavy atom. The van der Waals surface area contributed by atoms with E-state index in [0.29, 0.717) is 5.41 Å². The van der Waals surface area contributed by atoms with E-state index >= 15 is 0 Å². The minimum Gasteiger partial charge on any atom is -0.312 e. The lowest BCUT2D eigenvalue weighted by atomic mass is 10.0. The van der Waals surface area contributed by atoms with Crippen LogP contribution in [-0.2, 0) is 5.41 Å². The quantitative estimate of drug-likeness (QED) is 0.883. The van der Waals surface area contributed by atoms with Crippen LogP contribution in [0.25, 0.3) is 0 Å². The Labute approximate surface area is 111 Å². The summed E-state index contributed by atoms with van der Waals surface area (Å²) in [6.45, 7) is 10.2. The fourth-order valence-corrected chi connectivity index (χ4v) is 3.78. The van der Waals surface area contributed by atoms with Crippen molar-refractivity contribution < 1.29 is 0 Å². The highest BCUT2D eigenvalue weighted by molar-refractivity contribution is 9.10. The standard InChI is InChI=1S/C13H20BrNS/c1-12(2,3)15-7-9-6-13(9,4)11-5-10(14)8-16-11/h5,8-9,15H,6-7H2,1-4H3. The van der Waals surface area contributed by atoms with Gasteiger partial charge in [-0.2, -0.15) is 0 Å². The molecule has 2 atom stereocenters. The van der Waals surface area contributed by atoms with Crippen LogP contribution >= 0.6 is 27.3 Å². The van der Waals surface area contributed by atoms with Gasteiger partial charge in [-0.3, -0.25) is 0 Å². The van der Waals surface area contributed by atoms with E-state index in [2.05, 4.69) is 60.4 Å². The van der Waals surface area contributed by atoms with Crippen molar-refractivity contribution in [2.75, 3.05) is 6.54 Å². The zero-order chi connectivity index (χ0) is 12.0. The zero-order valence-electron chi connectivity index (χ0n) is 10.4. The van der Waals surface area contributed by atoms with Crippen molar-refractivity contribution in [1.29, 1.82) is 0 Å². The molecule has 1 fully saturated rings. The summed E-state index contributed by atoms with van der Waals surface area (Å²) in [5.74, 6) is 0.803. The van der Waals surface area contributed by atoms with Crippen LogP contribution in [0.3, 0.4) is 0 Å². The molecule has 0 radical (unpaired) electrons. The van der Waals surface area contributed by atoms with Gasteiger partial charge in [-0.15, -0.1) is 11.3 Å². The molecule has 1 nitrogen and oxygen atoms in total. The maximum atomic E-state index is 3.61. The molecule has 1 aliphatic carbocycles. The fourth-order valence-electron chi connectivity index (χ4n) is 2.09. The van der Waals surface area contributed by atoms with E-state index in [0.717, 1.165) is 12.5 Å². The monoisotopic (exact) mass is 301 g/mol. The molecule has 1 N–H and O–H groups in total. The maximum absolute atomic E-state index is 3.61. The molecule has 0 aromatic carbocycles. The molecule has 0 bridgehead atoms. The van der Waals surface area contributed by atoms with Crippen LogP contribution < -0.4 is 5.32 Å². The second kappa shape index (κ2) is 4.11. The first-order chi connectivity index (χ1) is 7.31. The summed E-state index contributed by atoms with van der Waals surface area (Å²) in [6.07, 6.45) is 1.32. The topological polar surface area (TPSA) is 12.0 Å². The van der Waals surface area contributed by atoms with Crippen molar-refractivity contribution in [2.45, 2.75) is 45.1 Å². The van der Waals surface area contributed by atoms with Gasteiger partial charge in [-0.1, -0.05) is 6.92 Å². The minimum atomic E-state index is 0.236. The van der Waals surface area contributed by atoms with Gasteiger partial charge < -0.3 is 5.32 Å². The van der Waals surface area contributed by atoms with Crippen LogP contribution in [0.4, 0.5) is 0 Å². The van der Waals surface area contributed by atoms with E-state index in [-0.39, 0.29) is 5.54 Å². The summed E-state index contributed by atoms with van der Waals surface area (Å²) < 4.78 is 1.23. The first kappa shape index (κ1) is 12.6. The second-order valence-corrected chi connectivity index (χ2v) is 7.91. The normalized spacial score (nSPS) is 29.4. The molecule has 1 aromatic heterocycles. The number of halogens is 1. The maximum Gasteiger partial charge on any atom is 0.0285 e. The van der Waals surface area contributed by atoms with Gasteiger partial charge in [0, 0.05) is 25.7 Å². The fraction of sp³-hybridized carbons (Fsp3) is 0.692. The molecule has 1 heterocycles. The lowest BCUT2D eigenvalue weighted by Crippen LogP contribution is -2.37. The Morgan fingerprint density at radius 2 is 2.25 bits per heavy atom. The van der Waals surface area contributed by atoms with Gasteiger partial charge in [0.1, 0.15) is 0 Å². The molecule has 0 saturated heterocycles. The van der Waals surface area contributed by atoms with Crippen LogP contribution in [-0.4, -0.2) is 12.1 Å². The summed E-state index contributed by atoms with van der Waals surface area (Å²) in [5, 5.41) is 5.80. The van der Waals surface area contributed by atoms with Crippen molar-refractivity contribution in [2.24, 2.45) is 5.92 Å². The summed E-state index contributed by atoms with van der Waals surface area (Å²) in [4.78, 5) is 1.53.